The van der Waals surface area contributed by atoms with Crippen molar-refractivity contribution >= 4 is 29.3 Å². The van der Waals surface area contributed by atoms with Gasteiger partial charge in [0.2, 0.25) is 11.8 Å². The predicted molar refractivity (Wildman–Crippen MR) is 71.0 cm³/mol. The zero-order valence-electron chi connectivity index (χ0n) is 10.1. The number of rotatable bonds is 7. The maximum Gasteiger partial charge on any atom is 0.241 e. The Morgan fingerprint density at radius 1 is 1.61 bits per heavy atom. The van der Waals surface area contributed by atoms with Crippen molar-refractivity contribution in [3.8, 4) is 0 Å². The highest BCUT2D eigenvalue weighted by Crippen LogP contribution is 2.06. The Hall–Kier alpha value is -1.54. The fourth-order valence-corrected chi connectivity index (χ4v) is 1.77. The minimum absolute atomic E-state index is 0.0194. The first-order chi connectivity index (χ1) is 8.52. The minimum Gasteiger partial charge on any atom is -0.368 e. The van der Waals surface area contributed by atoms with Gasteiger partial charge < -0.3 is 16.8 Å². The molecular formula is C10H17N5O2S. The maximum atomic E-state index is 11.7. The van der Waals surface area contributed by atoms with Crippen molar-refractivity contribution in [2.45, 2.75) is 19.0 Å². The van der Waals surface area contributed by atoms with E-state index in [2.05, 4.69) is 10.4 Å². The molecule has 0 saturated heterocycles. The topological polar surface area (TPSA) is 116 Å². The second kappa shape index (κ2) is 7.02. The summed E-state index contributed by atoms with van der Waals surface area (Å²) in [7, 11) is 0. The number of thioether (sulfide) groups is 1. The average molecular weight is 271 g/mol. The van der Waals surface area contributed by atoms with Gasteiger partial charge >= 0.3 is 0 Å². The van der Waals surface area contributed by atoms with E-state index in [9.17, 15) is 9.59 Å². The molecule has 2 amide bonds. The molecule has 100 valence electrons. The molecule has 0 spiro atoms. The summed E-state index contributed by atoms with van der Waals surface area (Å²) >= 11 is 1.64. The molecule has 5 N–H and O–H groups in total. The minimum atomic E-state index is -0.544. The van der Waals surface area contributed by atoms with Gasteiger partial charge in [-0.25, -0.2) is 0 Å². The summed E-state index contributed by atoms with van der Waals surface area (Å²) in [5, 5.41) is 6.52. The Balaban J connectivity index is 2.48. The van der Waals surface area contributed by atoms with Crippen LogP contribution in [0, 0.1) is 0 Å². The monoisotopic (exact) mass is 271 g/mol. The van der Waals surface area contributed by atoms with Gasteiger partial charge in [0.15, 0.2) is 0 Å². The molecule has 0 unspecified atom stereocenters. The van der Waals surface area contributed by atoms with Gasteiger partial charge in [0.05, 0.1) is 17.9 Å². The highest BCUT2D eigenvalue weighted by atomic mass is 32.2. The average Bonchev–Trinajstić information content (AvgIpc) is 2.72. The van der Waals surface area contributed by atoms with Crippen LogP contribution in [0.3, 0.4) is 0 Å². The normalized spacial score (nSPS) is 12.1. The van der Waals surface area contributed by atoms with Gasteiger partial charge in [-0.1, -0.05) is 0 Å². The number of hydrogen-bond acceptors (Lipinski definition) is 5. The molecular weight excluding hydrogens is 254 g/mol. The Kier molecular flexibility index (Phi) is 5.66. The molecule has 7 nitrogen and oxygen atoms in total. The lowest BCUT2D eigenvalue weighted by Gasteiger charge is -2.09. The molecule has 0 saturated carbocycles. The van der Waals surface area contributed by atoms with E-state index in [-0.39, 0.29) is 12.5 Å². The lowest BCUT2D eigenvalue weighted by atomic mass is 10.2. The third-order valence-electron chi connectivity index (χ3n) is 2.19. The number of nitrogens with zero attached hydrogens (tertiary/aromatic N) is 2. The van der Waals surface area contributed by atoms with Crippen molar-refractivity contribution in [2.75, 3.05) is 17.3 Å². The quantitative estimate of drug-likeness (QED) is 0.611. The molecule has 8 heteroatoms. The van der Waals surface area contributed by atoms with Crippen molar-refractivity contribution in [2.24, 2.45) is 11.5 Å². The number of primary amides is 1. The van der Waals surface area contributed by atoms with Crippen molar-refractivity contribution in [3.63, 3.8) is 0 Å². The second-order valence-electron chi connectivity index (χ2n) is 3.77. The van der Waals surface area contributed by atoms with E-state index >= 15 is 0 Å². The summed E-state index contributed by atoms with van der Waals surface area (Å²) in [6.07, 6.45) is 5.55. The summed E-state index contributed by atoms with van der Waals surface area (Å²) < 4.78 is 1.35. The maximum absolute atomic E-state index is 11.7. The van der Waals surface area contributed by atoms with E-state index in [1.54, 1.807) is 11.8 Å². The Bertz CT molecular complexity index is 420. The number of hydrogen-bond donors (Lipinski definition) is 3. The van der Waals surface area contributed by atoms with Crippen LogP contribution in [0.1, 0.15) is 6.42 Å². The van der Waals surface area contributed by atoms with E-state index in [0.717, 1.165) is 5.75 Å². The van der Waals surface area contributed by atoms with Gasteiger partial charge in [0.1, 0.15) is 6.54 Å². The number of carbonyl (C=O) groups is 2. The second-order valence-corrected chi connectivity index (χ2v) is 4.76. The van der Waals surface area contributed by atoms with Crippen LogP contribution in [0.5, 0.6) is 0 Å². The molecule has 0 aliphatic heterocycles. The molecule has 1 aromatic heterocycles. The van der Waals surface area contributed by atoms with Crippen LogP contribution >= 0.6 is 11.8 Å². The number of nitrogens with two attached hydrogens (primary N) is 2. The van der Waals surface area contributed by atoms with Crippen molar-refractivity contribution in [1.82, 2.24) is 9.78 Å². The fourth-order valence-electron chi connectivity index (χ4n) is 1.29. The highest BCUT2D eigenvalue weighted by molar-refractivity contribution is 7.98. The van der Waals surface area contributed by atoms with Crippen LogP contribution < -0.4 is 16.8 Å². The number of carbonyl (C=O) groups excluding carboxylic acids is 2. The molecule has 0 aliphatic carbocycles. The van der Waals surface area contributed by atoms with E-state index in [1.807, 2.05) is 6.26 Å². The van der Waals surface area contributed by atoms with Gasteiger partial charge in [0, 0.05) is 6.20 Å². The largest absolute Gasteiger partial charge is 0.368 e. The van der Waals surface area contributed by atoms with Crippen molar-refractivity contribution in [3.05, 3.63) is 12.4 Å². The van der Waals surface area contributed by atoms with Crippen LogP contribution in [-0.2, 0) is 16.1 Å². The van der Waals surface area contributed by atoms with E-state index in [1.165, 1.54) is 17.1 Å². The summed E-state index contributed by atoms with van der Waals surface area (Å²) in [6, 6.07) is -0.544. The fraction of sp³-hybridized carbons (Fsp3) is 0.500. The van der Waals surface area contributed by atoms with Gasteiger partial charge in [-0.2, -0.15) is 16.9 Å². The number of amides is 2. The molecule has 1 atom stereocenters. The zero-order valence-corrected chi connectivity index (χ0v) is 10.9. The summed E-state index contributed by atoms with van der Waals surface area (Å²) in [4.78, 5) is 22.4. The van der Waals surface area contributed by atoms with Crippen molar-refractivity contribution < 1.29 is 9.59 Å². The van der Waals surface area contributed by atoms with Crippen LogP contribution in [-0.4, -0.2) is 39.6 Å². The summed E-state index contributed by atoms with van der Waals surface area (Å²) in [5.74, 6) is 0.0746. The first kappa shape index (κ1) is 14.5. The standard InChI is InChI=1S/C10H17N5O2S/c1-18-3-2-8(11)10(17)14-7-4-13-15(5-7)6-9(12)16/h4-5,8H,2-3,6,11H2,1H3,(H2,12,16)(H,14,17)/t8-/m0/s1. The molecule has 0 aliphatic rings. The van der Waals surface area contributed by atoms with Gasteiger partial charge in [-0.3, -0.25) is 14.3 Å². The van der Waals surface area contributed by atoms with Gasteiger partial charge in [-0.05, 0) is 18.4 Å². The first-order valence-corrected chi connectivity index (χ1v) is 6.78. The third kappa shape index (κ3) is 4.76. The third-order valence-corrected chi connectivity index (χ3v) is 2.83. The van der Waals surface area contributed by atoms with Crippen LogP contribution in [0.15, 0.2) is 12.4 Å². The molecule has 0 aromatic carbocycles. The molecule has 1 aromatic rings. The molecule has 0 bridgehead atoms. The van der Waals surface area contributed by atoms with Gasteiger partial charge in [-0.15, -0.1) is 0 Å². The summed E-state index contributed by atoms with van der Waals surface area (Å²) in [6.45, 7) is -0.0194. The molecule has 0 radical (unpaired) electrons. The van der Waals surface area contributed by atoms with Crippen molar-refractivity contribution in [1.29, 1.82) is 0 Å². The van der Waals surface area contributed by atoms with E-state index in [4.69, 9.17) is 11.5 Å². The Morgan fingerprint density at radius 2 is 2.33 bits per heavy atom. The predicted octanol–water partition coefficient (Wildman–Crippen LogP) is -0.613. The van der Waals surface area contributed by atoms with Crippen LogP contribution in [0.2, 0.25) is 0 Å². The lowest BCUT2D eigenvalue weighted by Crippen LogP contribution is -2.35. The molecule has 1 heterocycles. The SMILES string of the molecule is CSCC[C@H](N)C(=O)Nc1cnn(CC(N)=O)c1. The molecule has 1 rings (SSSR count). The van der Waals surface area contributed by atoms with Crippen LogP contribution in [0.4, 0.5) is 5.69 Å². The lowest BCUT2D eigenvalue weighted by molar-refractivity contribution is -0.119. The number of anilines is 1. The Labute approximate surface area is 109 Å². The van der Waals surface area contributed by atoms with Crippen LogP contribution in [0.25, 0.3) is 0 Å². The Morgan fingerprint density at radius 3 is 2.94 bits per heavy atom. The van der Waals surface area contributed by atoms with E-state index < -0.39 is 11.9 Å². The highest BCUT2D eigenvalue weighted by Gasteiger charge is 2.13. The van der Waals surface area contributed by atoms with Gasteiger partial charge in [0.25, 0.3) is 0 Å². The smallest absolute Gasteiger partial charge is 0.241 e. The van der Waals surface area contributed by atoms with E-state index in [0.29, 0.717) is 12.1 Å². The first-order valence-electron chi connectivity index (χ1n) is 5.39. The zero-order chi connectivity index (χ0) is 13.5. The molecule has 18 heavy (non-hydrogen) atoms. The summed E-state index contributed by atoms with van der Waals surface area (Å²) in [5.41, 5.74) is 11.2. The number of aromatic nitrogens is 2. The molecule has 0 fully saturated rings. The number of nitrogens with one attached hydrogen (secondary N) is 1.